The zero-order chi connectivity index (χ0) is 11.4. The largest absolute Gasteiger partial charge is 0.392 e. The van der Waals surface area contributed by atoms with Gasteiger partial charge in [-0.15, -0.1) is 0 Å². The van der Waals surface area contributed by atoms with Crippen LogP contribution in [0, 0.1) is 6.92 Å². The molecule has 0 bridgehead atoms. The normalized spacial score (nSPS) is 26.4. The molecule has 1 heterocycles. The molecule has 0 saturated heterocycles. The molecular weight excluding hydrogens is 220 g/mol. The van der Waals surface area contributed by atoms with Gasteiger partial charge in [0.25, 0.3) is 0 Å². The van der Waals surface area contributed by atoms with E-state index in [-0.39, 0.29) is 11.4 Å². The van der Waals surface area contributed by atoms with Crippen LogP contribution < -0.4 is 0 Å². The molecular formula is C12H18N2OS. The molecule has 0 aliphatic heterocycles. The van der Waals surface area contributed by atoms with Crippen molar-refractivity contribution in [3.05, 3.63) is 18.0 Å². The van der Waals surface area contributed by atoms with Gasteiger partial charge in [-0.2, -0.15) is 0 Å². The fourth-order valence-corrected chi connectivity index (χ4v) is 3.18. The summed E-state index contributed by atoms with van der Waals surface area (Å²) in [4.78, 5) is 8.61. The maximum absolute atomic E-state index is 10.0. The summed E-state index contributed by atoms with van der Waals surface area (Å²) in [6.45, 7) is 1.97. The Kier molecular flexibility index (Phi) is 4.18. The van der Waals surface area contributed by atoms with Gasteiger partial charge in [-0.1, -0.05) is 31.0 Å². The van der Waals surface area contributed by atoms with Gasteiger partial charge in [-0.3, -0.25) is 0 Å². The topological polar surface area (TPSA) is 46.0 Å². The second kappa shape index (κ2) is 5.64. The Morgan fingerprint density at radius 2 is 2.12 bits per heavy atom. The van der Waals surface area contributed by atoms with Crippen LogP contribution >= 0.6 is 11.8 Å². The minimum Gasteiger partial charge on any atom is -0.392 e. The van der Waals surface area contributed by atoms with Gasteiger partial charge in [0.2, 0.25) is 0 Å². The number of thioether (sulfide) groups is 1. The van der Waals surface area contributed by atoms with E-state index >= 15 is 0 Å². The van der Waals surface area contributed by atoms with E-state index in [2.05, 4.69) is 9.97 Å². The lowest BCUT2D eigenvalue weighted by Crippen LogP contribution is -2.21. The van der Waals surface area contributed by atoms with Crippen LogP contribution in [0.4, 0.5) is 0 Å². The van der Waals surface area contributed by atoms with E-state index in [1.54, 1.807) is 18.0 Å². The standard InChI is InChI=1S/C12H18N2OS/c1-9-7-8-13-12(14-9)16-11-6-4-2-3-5-10(11)15/h7-8,10-11,15H,2-6H2,1H3. The summed E-state index contributed by atoms with van der Waals surface area (Å²) in [6, 6.07) is 1.90. The molecule has 0 aromatic carbocycles. The summed E-state index contributed by atoms with van der Waals surface area (Å²) in [6.07, 6.45) is 7.17. The molecule has 1 aliphatic rings. The first kappa shape index (κ1) is 11.9. The fourth-order valence-electron chi connectivity index (χ4n) is 2.01. The van der Waals surface area contributed by atoms with Crippen molar-refractivity contribution in [2.75, 3.05) is 0 Å². The van der Waals surface area contributed by atoms with E-state index in [9.17, 15) is 5.11 Å². The number of aryl methyl sites for hydroxylation is 1. The molecule has 1 N–H and O–H groups in total. The molecule has 16 heavy (non-hydrogen) atoms. The Bertz CT molecular complexity index is 346. The van der Waals surface area contributed by atoms with E-state index in [4.69, 9.17) is 0 Å². The van der Waals surface area contributed by atoms with Crippen LogP contribution in [0.3, 0.4) is 0 Å². The first-order chi connectivity index (χ1) is 7.75. The van der Waals surface area contributed by atoms with Crippen LogP contribution in [0.1, 0.15) is 37.8 Å². The quantitative estimate of drug-likeness (QED) is 0.635. The summed E-state index contributed by atoms with van der Waals surface area (Å²) in [7, 11) is 0. The highest BCUT2D eigenvalue weighted by molar-refractivity contribution is 7.99. The predicted octanol–water partition coefficient (Wildman–Crippen LogP) is 2.57. The van der Waals surface area contributed by atoms with E-state index in [1.807, 2.05) is 13.0 Å². The minimum atomic E-state index is -0.198. The number of aliphatic hydroxyl groups is 1. The lowest BCUT2D eigenvalue weighted by molar-refractivity contribution is 0.163. The van der Waals surface area contributed by atoms with Gasteiger partial charge in [0.1, 0.15) is 0 Å². The summed E-state index contributed by atoms with van der Waals surface area (Å²) >= 11 is 1.63. The Morgan fingerprint density at radius 1 is 1.31 bits per heavy atom. The Hall–Kier alpha value is -0.610. The predicted molar refractivity (Wildman–Crippen MR) is 65.5 cm³/mol. The van der Waals surface area contributed by atoms with Crippen LogP contribution in [0.15, 0.2) is 17.4 Å². The molecule has 0 spiro atoms. The maximum atomic E-state index is 10.0. The van der Waals surface area contributed by atoms with Gasteiger partial charge in [0, 0.05) is 17.1 Å². The molecule has 0 radical (unpaired) electrons. The molecule has 1 aromatic rings. The summed E-state index contributed by atoms with van der Waals surface area (Å²) < 4.78 is 0. The molecule has 1 aromatic heterocycles. The average Bonchev–Trinajstić information content (AvgIpc) is 2.45. The number of hydrogen-bond acceptors (Lipinski definition) is 4. The molecule has 1 aliphatic carbocycles. The zero-order valence-electron chi connectivity index (χ0n) is 9.59. The van der Waals surface area contributed by atoms with Crippen molar-refractivity contribution < 1.29 is 5.11 Å². The van der Waals surface area contributed by atoms with E-state index < -0.39 is 0 Å². The third-order valence-electron chi connectivity index (χ3n) is 2.95. The summed E-state index contributed by atoms with van der Waals surface area (Å²) in [5, 5.41) is 11.1. The second-order valence-electron chi connectivity index (χ2n) is 4.34. The number of aliphatic hydroxyl groups excluding tert-OH is 1. The Labute approximate surface area is 101 Å². The maximum Gasteiger partial charge on any atom is 0.188 e. The second-order valence-corrected chi connectivity index (χ2v) is 5.55. The highest BCUT2D eigenvalue weighted by Gasteiger charge is 2.23. The molecule has 88 valence electrons. The van der Waals surface area contributed by atoms with E-state index in [0.29, 0.717) is 0 Å². The number of aromatic nitrogens is 2. The van der Waals surface area contributed by atoms with Gasteiger partial charge in [0.05, 0.1) is 6.10 Å². The summed E-state index contributed by atoms with van der Waals surface area (Å²) in [5.41, 5.74) is 0.987. The lowest BCUT2D eigenvalue weighted by atomic mass is 10.1. The molecule has 0 amide bonds. The number of rotatable bonds is 2. The molecule has 1 fully saturated rings. The first-order valence-corrected chi connectivity index (χ1v) is 6.78. The SMILES string of the molecule is Cc1ccnc(SC2CCCCCC2O)n1. The van der Waals surface area contributed by atoms with E-state index in [0.717, 1.165) is 30.1 Å². The van der Waals surface area contributed by atoms with Crippen LogP contribution in [-0.2, 0) is 0 Å². The third kappa shape index (κ3) is 3.19. The van der Waals surface area contributed by atoms with Crippen LogP contribution in [0.5, 0.6) is 0 Å². The lowest BCUT2D eigenvalue weighted by Gasteiger charge is -2.18. The molecule has 2 atom stereocenters. The Balaban J connectivity index is 2.02. The van der Waals surface area contributed by atoms with Crippen molar-refractivity contribution in [2.45, 2.75) is 55.5 Å². The highest BCUT2D eigenvalue weighted by Crippen LogP contribution is 2.31. The van der Waals surface area contributed by atoms with Crippen LogP contribution in [0.2, 0.25) is 0 Å². The molecule has 1 saturated carbocycles. The third-order valence-corrected chi connectivity index (χ3v) is 4.21. The average molecular weight is 238 g/mol. The Morgan fingerprint density at radius 3 is 2.94 bits per heavy atom. The number of hydrogen-bond donors (Lipinski definition) is 1. The van der Waals surface area contributed by atoms with Gasteiger partial charge >= 0.3 is 0 Å². The van der Waals surface area contributed by atoms with Crippen molar-refractivity contribution in [3.8, 4) is 0 Å². The van der Waals surface area contributed by atoms with Crippen molar-refractivity contribution in [2.24, 2.45) is 0 Å². The minimum absolute atomic E-state index is 0.198. The smallest absolute Gasteiger partial charge is 0.188 e. The zero-order valence-corrected chi connectivity index (χ0v) is 10.4. The van der Waals surface area contributed by atoms with Gasteiger partial charge < -0.3 is 5.11 Å². The van der Waals surface area contributed by atoms with E-state index in [1.165, 1.54) is 12.8 Å². The molecule has 2 rings (SSSR count). The van der Waals surface area contributed by atoms with Crippen LogP contribution in [-0.4, -0.2) is 26.4 Å². The highest BCUT2D eigenvalue weighted by atomic mass is 32.2. The first-order valence-electron chi connectivity index (χ1n) is 5.90. The van der Waals surface area contributed by atoms with Gasteiger partial charge in [-0.05, 0) is 25.8 Å². The van der Waals surface area contributed by atoms with Crippen molar-refractivity contribution >= 4 is 11.8 Å². The molecule has 2 unspecified atom stereocenters. The molecule has 3 nitrogen and oxygen atoms in total. The number of nitrogens with zero attached hydrogens (tertiary/aromatic N) is 2. The van der Waals surface area contributed by atoms with Gasteiger partial charge in [0.15, 0.2) is 5.16 Å². The van der Waals surface area contributed by atoms with Gasteiger partial charge in [-0.25, -0.2) is 9.97 Å². The fraction of sp³-hybridized carbons (Fsp3) is 0.667. The van der Waals surface area contributed by atoms with Crippen molar-refractivity contribution in [1.82, 2.24) is 9.97 Å². The molecule has 4 heteroatoms. The van der Waals surface area contributed by atoms with Crippen molar-refractivity contribution in [3.63, 3.8) is 0 Å². The van der Waals surface area contributed by atoms with Crippen molar-refractivity contribution in [1.29, 1.82) is 0 Å². The van der Waals surface area contributed by atoms with Crippen LogP contribution in [0.25, 0.3) is 0 Å². The monoisotopic (exact) mass is 238 g/mol. The summed E-state index contributed by atoms with van der Waals surface area (Å²) in [5.74, 6) is 0.